The number of sulfonamides is 1. The fraction of sp³-hybridized carbons (Fsp3) is 0.429. The van der Waals surface area contributed by atoms with Gasteiger partial charge in [-0.05, 0) is 18.9 Å². The van der Waals surface area contributed by atoms with Gasteiger partial charge in [0.05, 0.1) is 12.2 Å². The number of hydrogen-bond donors (Lipinski definition) is 2. The molecule has 0 radical (unpaired) electrons. The van der Waals surface area contributed by atoms with Crippen molar-refractivity contribution >= 4 is 15.9 Å². The zero-order chi connectivity index (χ0) is 16.6. The molecule has 3 rings (SSSR count). The van der Waals surface area contributed by atoms with E-state index in [0.717, 1.165) is 18.5 Å². The van der Waals surface area contributed by atoms with Crippen molar-refractivity contribution in [2.45, 2.75) is 30.2 Å². The average Bonchev–Trinajstić information content (AvgIpc) is 3.13. The summed E-state index contributed by atoms with van der Waals surface area (Å²) in [5.41, 5.74) is 1.14. The van der Waals surface area contributed by atoms with Crippen molar-refractivity contribution in [3.05, 3.63) is 35.5 Å². The first-order chi connectivity index (χ1) is 10.9. The molecule has 1 fully saturated rings. The first kappa shape index (κ1) is 15.8. The minimum atomic E-state index is -3.74. The average molecular weight is 338 g/mol. The summed E-state index contributed by atoms with van der Waals surface area (Å²) in [5, 5.41) is 6.40. The number of nitrogens with zero attached hydrogens (tertiary/aromatic N) is 2. The molecule has 2 heterocycles. The monoisotopic (exact) mass is 338 g/mol. The molecule has 9 heteroatoms. The molecule has 0 unspecified atom stereocenters. The third-order valence-electron chi connectivity index (χ3n) is 3.76. The van der Waals surface area contributed by atoms with Gasteiger partial charge in [-0.25, -0.2) is 13.1 Å². The van der Waals surface area contributed by atoms with Crippen molar-refractivity contribution in [1.29, 1.82) is 0 Å². The summed E-state index contributed by atoms with van der Waals surface area (Å²) < 4.78 is 33.7. The highest BCUT2D eigenvalue weighted by molar-refractivity contribution is 7.89. The van der Waals surface area contributed by atoms with E-state index in [9.17, 15) is 13.2 Å². The number of aryl methyl sites for hydroxylation is 1. The van der Waals surface area contributed by atoms with Crippen molar-refractivity contribution in [3.8, 4) is 0 Å². The molecule has 1 amide bonds. The van der Waals surface area contributed by atoms with Gasteiger partial charge < -0.3 is 14.4 Å². The van der Waals surface area contributed by atoms with E-state index >= 15 is 0 Å². The second-order valence-corrected chi connectivity index (χ2v) is 7.33. The van der Waals surface area contributed by atoms with Gasteiger partial charge in [0.2, 0.25) is 10.0 Å². The molecular weight excluding hydrogens is 320 g/mol. The van der Waals surface area contributed by atoms with E-state index < -0.39 is 10.0 Å². The van der Waals surface area contributed by atoms with Crippen LogP contribution in [-0.4, -0.2) is 31.1 Å². The van der Waals surface area contributed by atoms with E-state index in [1.54, 1.807) is 13.1 Å². The fourth-order valence-electron chi connectivity index (χ4n) is 2.27. The van der Waals surface area contributed by atoms with Gasteiger partial charge in [-0.15, -0.1) is 0 Å². The van der Waals surface area contributed by atoms with Gasteiger partial charge >= 0.3 is 0 Å². The van der Waals surface area contributed by atoms with Crippen molar-refractivity contribution in [2.24, 2.45) is 7.05 Å². The third-order valence-corrected chi connectivity index (χ3v) is 5.13. The molecule has 23 heavy (non-hydrogen) atoms. The molecule has 1 aliphatic carbocycles. The highest BCUT2D eigenvalue weighted by Crippen LogP contribution is 2.39. The molecule has 0 saturated heterocycles. The molecule has 1 aliphatic rings. The van der Waals surface area contributed by atoms with Crippen molar-refractivity contribution in [3.63, 3.8) is 0 Å². The summed E-state index contributed by atoms with van der Waals surface area (Å²) in [6, 6.07) is 3.11. The van der Waals surface area contributed by atoms with Gasteiger partial charge in [0, 0.05) is 32.3 Å². The lowest BCUT2D eigenvalue weighted by atomic mass is 10.3. The van der Waals surface area contributed by atoms with Gasteiger partial charge in [0.15, 0.2) is 5.76 Å². The number of rotatable bonds is 6. The van der Waals surface area contributed by atoms with Crippen LogP contribution in [0.1, 0.15) is 40.7 Å². The van der Waals surface area contributed by atoms with Crippen LogP contribution in [0.3, 0.4) is 0 Å². The quantitative estimate of drug-likeness (QED) is 0.807. The van der Waals surface area contributed by atoms with Crippen LogP contribution in [0, 0.1) is 0 Å². The standard InChI is InChI=1S/C14H18N4O4S/c1-15-14(19)13-6-11(8-18(13)2)23(20,21)16-7-10-5-12(17-22-10)9-3-4-9/h5-6,8-9,16H,3-4,7H2,1-2H3,(H,15,19). The summed E-state index contributed by atoms with van der Waals surface area (Å²) >= 11 is 0. The Bertz CT molecular complexity index is 833. The molecular formula is C14H18N4O4S. The number of aromatic nitrogens is 2. The van der Waals surface area contributed by atoms with Crippen molar-refractivity contribution < 1.29 is 17.7 Å². The van der Waals surface area contributed by atoms with Crippen molar-refractivity contribution in [1.82, 2.24) is 19.8 Å². The zero-order valence-corrected chi connectivity index (χ0v) is 13.7. The Labute approximate surface area is 133 Å². The van der Waals surface area contributed by atoms with Crippen LogP contribution in [0.5, 0.6) is 0 Å². The number of hydrogen-bond acceptors (Lipinski definition) is 5. The second-order valence-electron chi connectivity index (χ2n) is 5.57. The lowest BCUT2D eigenvalue weighted by molar-refractivity contribution is 0.0955. The van der Waals surface area contributed by atoms with Gasteiger partial charge in [0.1, 0.15) is 10.6 Å². The van der Waals surface area contributed by atoms with Gasteiger partial charge in [-0.3, -0.25) is 4.79 Å². The maximum Gasteiger partial charge on any atom is 0.267 e. The van der Waals surface area contributed by atoms with Crippen LogP contribution >= 0.6 is 0 Å². The van der Waals surface area contributed by atoms with Crippen LogP contribution in [-0.2, 0) is 23.6 Å². The minimum Gasteiger partial charge on any atom is -0.360 e. The first-order valence-electron chi connectivity index (χ1n) is 7.24. The highest BCUT2D eigenvalue weighted by Gasteiger charge is 2.27. The van der Waals surface area contributed by atoms with Crippen LogP contribution in [0.25, 0.3) is 0 Å². The number of amides is 1. The molecule has 2 N–H and O–H groups in total. The van der Waals surface area contributed by atoms with E-state index in [1.807, 2.05) is 0 Å². The fourth-order valence-corrected chi connectivity index (χ4v) is 3.33. The molecule has 0 aromatic carbocycles. The normalized spacial score (nSPS) is 14.9. The van der Waals surface area contributed by atoms with Crippen molar-refractivity contribution in [2.75, 3.05) is 7.05 Å². The van der Waals surface area contributed by atoms with Crippen LogP contribution in [0.4, 0.5) is 0 Å². The Balaban J connectivity index is 1.71. The molecule has 0 aliphatic heterocycles. The minimum absolute atomic E-state index is 0.0201. The lowest BCUT2D eigenvalue weighted by Gasteiger charge is -2.01. The molecule has 124 valence electrons. The summed E-state index contributed by atoms with van der Waals surface area (Å²) in [6.07, 6.45) is 3.59. The Hall–Kier alpha value is -2.13. The second kappa shape index (κ2) is 5.82. The topological polar surface area (TPSA) is 106 Å². The first-order valence-corrected chi connectivity index (χ1v) is 8.72. The Morgan fingerprint density at radius 3 is 2.83 bits per heavy atom. The molecule has 2 aromatic heterocycles. The number of nitrogens with one attached hydrogen (secondary N) is 2. The van der Waals surface area contributed by atoms with E-state index in [4.69, 9.17) is 4.52 Å². The Kier molecular flexibility index (Phi) is 3.99. The zero-order valence-electron chi connectivity index (χ0n) is 12.9. The van der Waals surface area contributed by atoms with Gasteiger partial charge in [-0.2, -0.15) is 0 Å². The summed E-state index contributed by atoms with van der Waals surface area (Å²) in [5.74, 6) is 0.574. The third kappa shape index (κ3) is 3.30. The van der Waals surface area contributed by atoms with Crippen LogP contribution in [0.15, 0.2) is 27.7 Å². The van der Waals surface area contributed by atoms with Gasteiger partial charge in [0.25, 0.3) is 5.91 Å². The maximum absolute atomic E-state index is 12.3. The molecule has 0 bridgehead atoms. The van der Waals surface area contributed by atoms with Crippen LogP contribution < -0.4 is 10.0 Å². The van der Waals surface area contributed by atoms with E-state index in [1.165, 1.54) is 23.9 Å². The maximum atomic E-state index is 12.3. The Morgan fingerprint density at radius 2 is 2.17 bits per heavy atom. The predicted molar refractivity (Wildman–Crippen MR) is 81.3 cm³/mol. The Morgan fingerprint density at radius 1 is 1.43 bits per heavy atom. The lowest BCUT2D eigenvalue weighted by Crippen LogP contribution is -2.22. The molecule has 0 spiro atoms. The summed E-state index contributed by atoms with van der Waals surface area (Å²) in [4.78, 5) is 11.7. The molecule has 8 nitrogen and oxygen atoms in total. The summed E-state index contributed by atoms with van der Waals surface area (Å²) in [6.45, 7) is 0.0201. The SMILES string of the molecule is CNC(=O)c1cc(S(=O)(=O)NCc2cc(C3CC3)no2)cn1C. The van der Waals surface area contributed by atoms with Gasteiger partial charge in [-0.1, -0.05) is 5.16 Å². The van der Waals surface area contributed by atoms with E-state index in [2.05, 4.69) is 15.2 Å². The summed E-state index contributed by atoms with van der Waals surface area (Å²) in [7, 11) is -0.634. The smallest absolute Gasteiger partial charge is 0.267 e. The van der Waals surface area contributed by atoms with Crippen LogP contribution in [0.2, 0.25) is 0 Å². The largest absolute Gasteiger partial charge is 0.360 e. The highest BCUT2D eigenvalue weighted by atomic mass is 32.2. The molecule has 1 saturated carbocycles. The molecule has 2 aromatic rings. The number of carbonyl (C=O) groups is 1. The van der Waals surface area contributed by atoms with E-state index in [-0.39, 0.29) is 23.0 Å². The predicted octanol–water partition coefficient (Wildman–Crippen LogP) is 0.729. The molecule has 0 atom stereocenters. The van der Waals surface area contributed by atoms with E-state index in [0.29, 0.717) is 11.7 Å². The number of carbonyl (C=O) groups excluding carboxylic acids is 1.